The number of nitrogens with zero attached hydrogens (tertiary/aromatic N) is 2. The first-order valence-electron chi connectivity index (χ1n) is 8.69. The Morgan fingerprint density at radius 3 is 2.71 bits per heavy atom. The summed E-state index contributed by atoms with van der Waals surface area (Å²) in [7, 11) is 1.93. The minimum atomic E-state index is -5.08. The Morgan fingerprint density at radius 2 is 2.07 bits per heavy atom. The van der Waals surface area contributed by atoms with Gasteiger partial charge in [-0.15, -0.1) is 0 Å². The van der Waals surface area contributed by atoms with Gasteiger partial charge in [-0.3, -0.25) is 0 Å². The van der Waals surface area contributed by atoms with E-state index < -0.39 is 12.1 Å². The van der Waals surface area contributed by atoms with Crippen LogP contribution in [0.4, 0.5) is 13.2 Å². The molecular formula is C18H22F3N3O4. The number of hydrogen-bond donors (Lipinski definition) is 2. The minimum Gasteiger partial charge on any atom is -0.475 e. The van der Waals surface area contributed by atoms with E-state index in [0.717, 1.165) is 25.3 Å². The van der Waals surface area contributed by atoms with Crippen molar-refractivity contribution in [2.24, 2.45) is 0 Å². The van der Waals surface area contributed by atoms with Gasteiger partial charge >= 0.3 is 12.1 Å². The molecule has 3 rings (SSSR count). The summed E-state index contributed by atoms with van der Waals surface area (Å²) < 4.78 is 43.0. The van der Waals surface area contributed by atoms with Crippen LogP contribution in [0.1, 0.15) is 35.9 Å². The van der Waals surface area contributed by atoms with Gasteiger partial charge in [0.1, 0.15) is 0 Å². The number of benzene rings is 1. The van der Waals surface area contributed by atoms with Crippen molar-refractivity contribution < 1.29 is 32.3 Å². The quantitative estimate of drug-likeness (QED) is 0.795. The van der Waals surface area contributed by atoms with E-state index >= 15 is 0 Å². The SMILES string of the molecule is CNC(C)Cc1noc(CC2OCCc3ccccc32)n1.O=C(O)C(F)(F)F. The van der Waals surface area contributed by atoms with Gasteiger partial charge in [-0.25, -0.2) is 4.79 Å². The average Bonchev–Trinajstić information content (AvgIpc) is 3.08. The van der Waals surface area contributed by atoms with E-state index in [9.17, 15) is 13.2 Å². The highest BCUT2D eigenvalue weighted by Crippen LogP contribution is 2.29. The van der Waals surface area contributed by atoms with Gasteiger partial charge in [0.05, 0.1) is 19.1 Å². The second kappa shape index (κ2) is 9.65. The maximum atomic E-state index is 10.6. The molecule has 0 fully saturated rings. The van der Waals surface area contributed by atoms with Crippen molar-refractivity contribution in [1.82, 2.24) is 15.5 Å². The van der Waals surface area contributed by atoms with E-state index in [1.54, 1.807) is 0 Å². The Hall–Kier alpha value is -2.46. The molecule has 2 N–H and O–H groups in total. The van der Waals surface area contributed by atoms with Crippen molar-refractivity contribution >= 4 is 5.97 Å². The van der Waals surface area contributed by atoms with Crippen LogP contribution in [0.25, 0.3) is 0 Å². The summed E-state index contributed by atoms with van der Waals surface area (Å²) in [6.07, 6.45) is -2.69. The smallest absolute Gasteiger partial charge is 0.475 e. The number of likely N-dealkylation sites (N-methyl/N-ethyl adjacent to an activating group) is 1. The van der Waals surface area contributed by atoms with Crippen LogP contribution in [0.3, 0.4) is 0 Å². The van der Waals surface area contributed by atoms with Crippen molar-refractivity contribution in [2.45, 2.75) is 44.5 Å². The van der Waals surface area contributed by atoms with Gasteiger partial charge in [0.15, 0.2) is 5.82 Å². The summed E-state index contributed by atoms with van der Waals surface area (Å²) in [5, 5.41) is 14.3. The molecule has 0 aliphatic carbocycles. The van der Waals surface area contributed by atoms with Gasteiger partial charge in [0.25, 0.3) is 0 Å². The second-order valence-corrected chi connectivity index (χ2v) is 6.31. The molecule has 1 aromatic carbocycles. The van der Waals surface area contributed by atoms with Gasteiger partial charge in [-0.2, -0.15) is 18.2 Å². The maximum Gasteiger partial charge on any atom is 0.490 e. The highest BCUT2D eigenvalue weighted by Gasteiger charge is 2.38. The summed E-state index contributed by atoms with van der Waals surface area (Å²) in [6, 6.07) is 8.75. The number of fused-ring (bicyclic) bond motifs is 1. The van der Waals surface area contributed by atoms with Crippen molar-refractivity contribution in [1.29, 1.82) is 0 Å². The zero-order valence-corrected chi connectivity index (χ0v) is 15.5. The maximum absolute atomic E-state index is 10.6. The molecule has 0 bridgehead atoms. The molecule has 2 atom stereocenters. The number of nitrogens with one attached hydrogen (secondary N) is 1. The molecule has 154 valence electrons. The molecule has 1 aliphatic heterocycles. The predicted octanol–water partition coefficient (Wildman–Crippen LogP) is 2.71. The summed E-state index contributed by atoms with van der Waals surface area (Å²) in [5.74, 6) is -1.36. The molecule has 7 nitrogen and oxygen atoms in total. The van der Waals surface area contributed by atoms with Gasteiger partial charge in [-0.1, -0.05) is 29.4 Å². The number of hydrogen-bond acceptors (Lipinski definition) is 6. The molecule has 0 radical (unpaired) electrons. The van der Waals surface area contributed by atoms with Crippen LogP contribution < -0.4 is 5.32 Å². The third kappa shape index (κ3) is 6.31. The number of aromatic nitrogens is 2. The molecule has 10 heteroatoms. The van der Waals surface area contributed by atoms with Crippen LogP contribution in [-0.2, 0) is 28.8 Å². The lowest BCUT2D eigenvalue weighted by molar-refractivity contribution is -0.192. The molecule has 1 aliphatic rings. The van der Waals surface area contributed by atoms with Crippen LogP contribution in [0.15, 0.2) is 28.8 Å². The lowest BCUT2D eigenvalue weighted by atomic mass is 9.96. The van der Waals surface area contributed by atoms with Gasteiger partial charge in [-0.05, 0) is 31.5 Å². The molecule has 2 unspecified atom stereocenters. The Bertz CT molecular complexity index is 779. The molecule has 0 spiro atoms. The highest BCUT2D eigenvalue weighted by atomic mass is 19.4. The van der Waals surface area contributed by atoms with E-state index in [2.05, 4.69) is 40.6 Å². The number of aliphatic carboxylic acids is 1. The van der Waals surface area contributed by atoms with Crippen molar-refractivity contribution in [3.8, 4) is 0 Å². The Balaban J connectivity index is 0.000000345. The zero-order valence-electron chi connectivity index (χ0n) is 15.5. The average molecular weight is 401 g/mol. The first kappa shape index (κ1) is 21.8. The van der Waals surface area contributed by atoms with E-state index in [-0.39, 0.29) is 6.10 Å². The monoisotopic (exact) mass is 401 g/mol. The van der Waals surface area contributed by atoms with Crippen LogP contribution in [-0.4, -0.2) is 47.1 Å². The van der Waals surface area contributed by atoms with Crippen LogP contribution in [0.2, 0.25) is 0 Å². The first-order valence-corrected chi connectivity index (χ1v) is 8.69. The third-order valence-corrected chi connectivity index (χ3v) is 4.19. The topological polar surface area (TPSA) is 97.5 Å². The molecule has 0 saturated carbocycles. The highest BCUT2D eigenvalue weighted by molar-refractivity contribution is 5.73. The molecule has 2 aromatic rings. The number of alkyl halides is 3. The van der Waals surface area contributed by atoms with E-state index in [1.807, 2.05) is 13.1 Å². The number of carboxylic acid groups (broad SMARTS) is 1. The van der Waals surface area contributed by atoms with Gasteiger partial charge < -0.3 is 19.7 Å². The van der Waals surface area contributed by atoms with Crippen molar-refractivity contribution in [3.05, 3.63) is 47.1 Å². The Kier molecular flexibility index (Phi) is 7.53. The van der Waals surface area contributed by atoms with Crippen molar-refractivity contribution in [3.63, 3.8) is 0 Å². The van der Waals surface area contributed by atoms with Crippen LogP contribution >= 0.6 is 0 Å². The standard InChI is InChI=1S/C16H21N3O2.C2HF3O2/c1-11(17-2)9-15-18-16(21-19-15)10-14-13-6-4-3-5-12(13)7-8-20-14;3-2(4,5)1(6)7/h3-6,11,14,17H,7-10H2,1-2H3;(H,6,7). The number of halogens is 3. The number of carbonyl (C=O) groups is 1. The second-order valence-electron chi connectivity index (χ2n) is 6.31. The lowest BCUT2D eigenvalue weighted by Gasteiger charge is -2.24. The Labute approximate surface area is 159 Å². The normalized spacial score (nSPS) is 17.2. The summed E-state index contributed by atoms with van der Waals surface area (Å²) in [5.41, 5.74) is 2.60. The number of carboxylic acids is 1. The van der Waals surface area contributed by atoms with Crippen LogP contribution in [0, 0.1) is 0 Å². The number of ether oxygens (including phenoxy) is 1. The Morgan fingerprint density at radius 1 is 1.39 bits per heavy atom. The first-order chi connectivity index (χ1) is 13.2. The van der Waals surface area contributed by atoms with Gasteiger partial charge in [0, 0.05) is 12.5 Å². The van der Waals surface area contributed by atoms with Crippen LogP contribution in [0.5, 0.6) is 0 Å². The predicted molar refractivity (Wildman–Crippen MR) is 92.8 cm³/mol. The fraction of sp³-hybridized carbons (Fsp3) is 0.500. The van der Waals surface area contributed by atoms with Gasteiger partial charge in [0.2, 0.25) is 5.89 Å². The zero-order chi connectivity index (χ0) is 20.7. The molecule has 28 heavy (non-hydrogen) atoms. The third-order valence-electron chi connectivity index (χ3n) is 4.19. The van der Waals surface area contributed by atoms with E-state index in [1.165, 1.54) is 11.1 Å². The van der Waals surface area contributed by atoms with E-state index in [0.29, 0.717) is 18.4 Å². The summed E-state index contributed by atoms with van der Waals surface area (Å²) in [4.78, 5) is 13.4. The molecule has 0 saturated heterocycles. The van der Waals surface area contributed by atoms with Crippen molar-refractivity contribution in [2.75, 3.05) is 13.7 Å². The van der Waals surface area contributed by atoms with E-state index in [4.69, 9.17) is 19.2 Å². The minimum absolute atomic E-state index is 0.0185. The fourth-order valence-corrected chi connectivity index (χ4v) is 2.64. The fourth-order valence-electron chi connectivity index (χ4n) is 2.64. The molecular weight excluding hydrogens is 379 g/mol. The number of rotatable bonds is 5. The molecule has 0 amide bonds. The molecule has 1 aromatic heterocycles. The lowest BCUT2D eigenvalue weighted by Crippen LogP contribution is -2.24. The largest absolute Gasteiger partial charge is 0.490 e. The summed E-state index contributed by atoms with van der Waals surface area (Å²) >= 11 is 0. The summed E-state index contributed by atoms with van der Waals surface area (Å²) in [6.45, 7) is 2.84. The molecule has 2 heterocycles.